The topological polar surface area (TPSA) is 42.0 Å². The van der Waals surface area contributed by atoms with Crippen molar-refractivity contribution in [2.24, 2.45) is 5.92 Å². The molecule has 1 aliphatic carbocycles. The number of fused-ring (bicyclic) bond motifs is 1. The molecule has 1 aliphatic rings. The van der Waals surface area contributed by atoms with Crippen LogP contribution in [0, 0.1) is 5.92 Å². The third-order valence-electron chi connectivity index (χ3n) is 4.06. The van der Waals surface area contributed by atoms with Crippen molar-refractivity contribution in [1.82, 2.24) is 4.98 Å². The van der Waals surface area contributed by atoms with Crippen LogP contribution in [0.5, 0.6) is 0 Å². The number of thioether (sulfide) groups is 1. The third-order valence-corrected chi connectivity index (χ3v) is 6.45. The lowest BCUT2D eigenvalue weighted by Crippen LogP contribution is -2.11. The summed E-state index contributed by atoms with van der Waals surface area (Å²) in [6.07, 6.45) is 4.72. The molecular formula is C18H21ClN2OS2. The van der Waals surface area contributed by atoms with Gasteiger partial charge in [-0.25, -0.2) is 4.98 Å². The molecule has 0 radical (unpaired) electrons. The third kappa shape index (κ3) is 4.98. The van der Waals surface area contributed by atoms with Crippen LogP contribution in [0.3, 0.4) is 0 Å². The van der Waals surface area contributed by atoms with Gasteiger partial charge in [0.1, 0.15) is 0 Å². The van der Waals surface area contributed by atoms with E-state index in [1.807, 2.05) is 24.3 Å². The summed E-state index contributed by atoms with van der Waals surface area (Å²) in [6.45, 7) is 2.28. The van der Waals surface area contributed by atoms with E-state index in [2.05, 4.69) is 17.2 Å². The molecule has 1 N–H and O–H groups in total. The van der Waals surface area contributed by atoms with Crippen LogP contribution in [-0.2, 0) is 17.6 Å². The summed E-state index contributed by atoms with van der Waals surface area (Å²) < 4.78 is 0. The predicted octanol–water partition coefficient (Wildman–Crippen LogP) is 5.43. The molecule has 0 saturated heterocycles. The number of thiazole rings is 1. The molecule has 3 nitrogen and oxygen atoms in total. The number of halogens is 1. The van der Waals surface area contributed by atoms with Gasteiger partial charge < -0.3 is 5.32 Å². The molecule has 1 atom stereocenters. The van der Waals surface area contributed by atoms with Gasteiger partial charge in [0.25, 0.3) is 0 Å². The van der Waals surface area contributed by atoms with Crippen molar-refractivity contribution in [2.75, 3.05) is 11.1 Å². The Hall–Kier alpha value is -1.04. The zero-order valence-electron chi connectivity index (χ0n) is 13.7. The number of amides is 1. The Bertz CT molecular complexity index is 700. The Morgan fingerprint density at radius 2 is 2.21 bits per heavy atom. The van der Waals surface area contributed by atoms with Crippen molar-refractivity contribution < 1.29 is 4.79 Å². The molecule has 0 saturated carbocycles. The van der Waals surface area contributed by atoms with Crippen LogP contribution in [-0.4, -0.2) is 16.6 Å². The molecule has 1 unspecified atom stereocenters. The van der Waals surface area contributed by atoms with E-state index in [0.717, 1.165) is 41.1 Å². The second-order valence-electron chi connectivity index (χ2n) is 6.19. The first-order valence-electron chi connectivity index (χ1n) is 8.27. The number of nitrogens with zero attached hydrogens (tertiary/aromatic N) is 1. The number of aromatic nitrogens is 1. The molecule has 0 aliphatic heterocycles. The van der Waals surface area contributed by atoms with Crippen LogP contribution in [0.4, 0.5) is 5.13 Å². The maximum atomic E-state index is 12.1. The van der Waals surface area contributed by atoms with Crippen molar-refractivity contribution in [3.63, 3.8) is 0 Å². The van der Waals surface area contributed by atoms with E-state index >= 15 is 0 Å². The molecule has 0 fully saturated rings. The molecule has 0 spiro atoms. The number of hydrogen-bond acceptors (Lipinski definition) is 4. The maximum Gasteiger partial charge on any atom is 0.226 e. The molecule has 24 heavy (non-hydrogen) atoms. The second-order valence-corrected chi connectivity index (χ2v) is 8.88. The second kappa shape index (κ2) is 8.37. The first kappa shape index (κ1) is 17.8. The van der Waals surface area contributed by atoms with Gasteiger partial charge in [-0.1, -0.05) is 18.5 Å². The summed E-state index contributed by atoms with van der Waals surface area (Å²) in [4.78, 5) is 19.2. The van der Waals surface area contributed by atoms with Gasteiger partial charge in [0.15, 0.2) is 5.13 Å². The summed E-state index contributed by atoms with van der Waals surface area (Å²) in [7, 11) is 0. The quantitative estimate of drug-likeness (QED) is 0.536. The fourth-order valence-corrected chi connectivity index (χ4v) is 4.89. The molecule has 3 rings (SSSR count). The first-order chi connectivity index (χ1) is 11.6. The smallest absolute Gasteiger partial charge is 0.226 e. The molecule has 1 heterocycles. The number of nitrogens with one attached hydrogen (secondary N) is 1. The lowest BCUT2D eigenvalue weighted by molar-refractivity contribution is -0.116. The number of carbonyl (C=O) groups excluding carboxylic acids is 1. The Morgan fingerprint density at radius 3 is 3.00 bits per heavy atom. The molecule has 1 aromatic heterocycles. The average molecular weight is 381 g/mol. The number of carbonyl (C=O) groups is 1. The lowest BCUT2D eigenvalue weighted by Gasteiger charge is -2.15. The van der Waals surface area contributed by atoms with E-state index in [4.69, 9.17) is 11.6 Å². The Balaban J connectivity index is 1.40. The highest BCUT2D eigenvalue weighted by molar-refractivity contribution is 7.99. The summed E-state index contributed by atoms with van der Waals surface area (Å²) in [6, 6.07) is 7.80. The van der Waals surface area contributed by atoms with Crippen LogP contribution < -0.4 is 5.32 Å². The van der Waals surface area contributed by atoms with Crippen LogP contribution in [0.2, 0.25) is 5.02 Å². The average Bonchev–Trinajstić information content (AvgIpc) is 2.94. The van der Waals surface area contributed by atoms with Gasteiger partial charge in [-0.05, 0) is 61.6 Å². The van der Waals surface area contributed by atoms with Gasteiger partial charge in [-0.3, -0.25) is 4.79 Å². The number of aryl methyl sites for hydroxylation is 1. The highest BCUT2D eigenvalue weighted by Gasteiger charge is 2.20. The minimum atomic E-state index is 0.0610. The number of rotatable bonds is 6. The normalized spacial score (nSPS) is 16.7. The Labute approximate surface area is 156 Å². The van der Waals surface area contributed by atoms with Gasteiger partial charge in [0.05, 0.1) is 5.69 Å². The predicted molar refractivity (Wildman–Crippen MR) is 103 cm³/mol. The minimum Gasteiger partial charge on any atom is -0.302 e. The van der Waals surface area contributed by atoms with E-state index in [0.29, 0.717) is 6.42 Å². The zero-order valence-corrected chi connectivity index (χ0v) is 16.1. The lowest BCUT2D eigenvalue weighted by atomic mass is 9.93. The molecule has 128 valence electrons. The van der Waals surface area contributed by atoms with Gasteiger partial charge in [0, 0.05) is 21.2 Å². The molecule has 0 bridgehead atoms. The SMILES string of the molecule is CC1CCc2nc(NC(=O)CCCSc3ccc(Cl)cc3)sc2C1. The molecular weight excluding hydrogens is 360 g/mol. The van der Waals surface area contributed by atoms with Crippen molar-refractivity contribution in [3.05, 3.63) is 39.9 Å². The van der Waals surface area contributed by atoms with E-state index in [-0.39, 0.29) is 5.91 Å². The van der Waals surface area contributed by atoms with Crippen molar-refractivity contribution in [1.29, 1.82) is 0 Å². The highest BCUT2D eigenvalue weighted by Crippen LogP contribution is 2.32. The summed E-state index contributed by atoms with van der Waals surface area (Å²) >= 11 is 9.26. The number of benzene rings is 1. The van der Waals surface area contributed by atoms with E-state index in [1.54, 1.807) is 23.1 Å². The maximum absolute atomic E-state index is 12.1. The van der Waals surface area contributed by atoms with Crippen LogP contribution in [0.15, 0.2) is 29.2 Å². The summed E-state index contributed by atoms with van der Waals surface area (Å²) in [5.41, 5.74) is 1.19. The van der Waals surface area contributed by atoms with E-state index in [9.17, 15) is 4.79 Å². The van der Waals surface area contributed by atoms with Gasteiger partial charge in [-0.2, -0.15) is 0 Å². The Kier molecular flexibility index (Phi) is 6.19. The van der Waals surface area contributed by atoms with Crippen LogP contribution >= 0.6 is 34.7 Å². The van der Waals surface area contributed by atoms with E-state index in [1.165, 1.54) is 21.9 Å². The van der Waals surface area contributed by atoms with E-state index < -0.39 is 0 Å². The monoisotopic (exact) mass is 380 g/mol. The number of anilines is 1. The van der Waals surface area contributed by atoms with Gasteiger partial charge in [0.2, 0.25) is 5.91 Å². The molecule has 2 aromatic rings. The standard InChI is InChI=1S/C18H21ClN2OS2/c1-12-4-9-15-16(11-12)24-18(20-15)21-17(22)3-2-10-23-14-7-5-13(19)6-8-14/h5-8,12H,2-4,9-11H2,1H3,(H,20,21,22). The minimum absolute atomic E-state index is 0.0610. The zero-order chi connectivity index (χ0) is 16.9. The van der Waals surface area contributed by atoms with Crippen LogP contribution in [0.25, 0.3) is 0 Å². The van der Waals surface area contributed by atoms with Crippen molar-refractivity contribution in [2.45, 2.75) is 43.9 Å². The van der Waals surface area contributed by atoms with Gasteiger partial charge in [-0.15, -0.1) is 23.1 Å². The van der Waals surface area contributed by atoms with Crippen molar-refractivity contribution in [3.8, 4) is 0 Å². The van der Waals surface area contributed by atoms with Crippen molar-refractivity contribution >= 4 is 45.7 Å². The Morgan fingerprint density at radius 1 is 1.42 bits per heavy atom. The summed E-state index contributed by atoms with van der Waals surface area (Å²) in [5, 5.41) is 4.48. The summed E-state index contributed by atoms with van der Waals surface area (Å²) in [5.74, 6) is 1.71. The molecule has 6 heteroatoms. The fourth-order valence-electron chi connectivity index (χ4n) is 2.73. The number of hydrogen-bond donors (Lipinski definition) is 1. The largest absolute Gasteiger partial charge is 0.302 e. The van der Waals surface area contributed by atoms with Gasteiger partial charge >= 0.3 is 0 Å². The highest BCUT2D eigenvalue weighted by atomic mass is 35.5. The molecule has 1 amide bonds. The fraction of sp³-hybridized carbons (Fsp3) is 0.444. The first-order valence-corrected chi connectivity index (χ1v) is 10.4. The van der Waals surface area contributed by atoms with Crippen LogP contribution in [0.1, 0.15) is 36.8 Å². The molecule has 1 aromatic carbocycles.